The fourth-order valence-electron chi connectivity index (χ4n) is 1.52. The van der Waals surface area contributed by atoms with Gasteiger partial charge in [-0.05, 0) is 12.1 Å². The average molecular weight is 329 g/mol. The van der Waals surface area contributed by atoms with Crippen LogP contribution in [-0.4, -0.2) is 23.0 Å². The zero-order valence-corrected chi connectivity index (χ0v) is 11.7. The van der Waals surface area contributed by atoms with E-state index in [0.717, 1.165) is 0 Å². The van der Waals surface area contributed by atoms with Gasteiger partial charge in [-0.2, -0.15) is 18.2 Å². The van der Waals surface area contributed by atoms with E-state index in [2.05, 4.69) is 9.98 Å². The molecule has 0 radical (unpaired) electrons. The van der Waals surface area contributed by atoms with Crippen LogP contribution in [0.1, 0.15) is 0 Å². The van der Waals surface area contributed by atoms with Crippen molar-refractivity contribution in [2.24, 2.45) is 16.5 Å². The quantitative estimate of drug-likeness (QED) is 0.593. The molecular weight excluding hydrogens is 319 g/mol. The van der Waals surface area contributed by atoms with Gasteiger partial charge < -0.3 is 16.8 Å². The molecule has 10 heteroatoms. The van der Waals surface area contributed by atoms with Crippen LogP contribution in [0.15, 0.2) is 34.6 Å². The predicted molar refractivity (Wildman–Crippen MR) is 77.7 cm³/mol. The van der Waals surface area contributed by atoms with Gasteiger partial charge in [0.1, 0.15) is 0 Å². The van der Waals surface area contributed by atoms with Crippen LogP contribution in [0.3, 0.4) is 0 Å². The first-order valence-corrected chi connectivity index (χ1v) is 6.67. The number of aliphatic imine (C=N–C) groups is 1. The monoisotopic (exact) mass is 329 g/mol. The Morgan fingerprint density at radius 3 is 2.68 bits per heavy atom. The van der Waals surface area contributed by atoms with Gasteiger partial charge in [-0.3, -0.25) is 4.79 Å². The van der Waals surface area contributed by atoms with E-state index in [0.29, 0.717) is 16.4 Å². The van der Waals surface area contributed by atoms with Gasteiger partial charge in [-0.1, -0.05) is 12.1 Å². The highest BCUT2D eigenvalue weighted by Gasteiger charge is 2.38. The van der Waals surface area contributed by atoms with Crippen LogP contribution < -0.4 is 16.8 Å². The number of aromatic nitrogens is 1. The molecule has 1 amide bonds. The van der Waals surface area contributed by atoms with Crippen molar-refractivity contribution < 1.29 is 18.0 Å². The van der Waals surface area contributed by atoms with Gasteiger partial charge in [0.05, 0.1) is 5.69 Å². The molecule has 0 aliphatic carbocycles. The molecule has 5 N–H and O–H groups in total. The van der Waals surface area contributed by atoms with E-state index in [1.807, 2.05) is 0 Å². The highest BCUT2D eigenvalue weighted by atomic mass is 32.1. The standard InChI is InChI=1S/C12H10F3N5OS/c13-12(14,15)9(21)18-7-3-1-2-6(4-7)8-5-22-11(19-8)20-10(16)17/h1-5H,(H,18,21)(H4,16,17,19,20). The fourth-order valence-corrected chi connectivity index (χ4v) is 2.23. The maximum atomic E-state index is 12.2. The Kier molecular flexibility index (Phi) is 4.31. The number of alkyl halides is 3. The molecule has 0 aliphatic heterocycles. The van der Waals surface area contributed by atoms with Crippen molar-refractivity contribution in [1.82, 2.24) is 4.98 Å². The Balaban J connectivity index is 2.23. The van der Waals surface area contributed by atoms with E-state index in [9.17, 15) is 18.0 Å². The molecule has 0 fully saturated rings. The number of thiazole rings is 1. The number of rotatable bonds is 3. The SMILES string of the molecule is NC(N)=Nc1nc(-c2cccc(NC(=O)C(F)(F)F)c2)cs1. The second-order valence-corrected chi connectivity index (χ2v) is 4.92. The number of anilines is 1. The van der Waals surface area contributed by atoms with Crippen LogP contribution in [0.4, 0.5) is 24.0 Å². The van der Waals surface area contributed by atoms with Gasteiger partial charge in [-0.25, -0.2) is 4.98 Å². The first-order valence-electron chi connectivity index (χ1n) is 5.79. The minimum atomic E-state index is -4.95. The summed E-state index contributed by atoms with van der Waals surface area (Å²) in [5.74, 6) is -2.18. The summed E-state index contributed by atoms with van der Waals surface area (Å²) in [7, 11) is 0. The number of nitrogens with one attached hydrogen (secondary N) is 1. The van der Waals surface area contributed by atoms with E-state index in [1.54, 1.807) is 16.8 Å². The van der Waals surface area contributed by atoms with Crippen LogP contribution in [-0.2, 0) is 4.79 Å². The maximum absolute atomic E-state index is 12.2. The van der Waals surface area contributed by atoms with Crippen LogP contribution in [0.2, 0.25) is 0 Å². The fraction of sp³-hybridized carbons (Fsp3) is 0.0833. The molecule has 0 unspecified atom stereocenters. The highest BCUT2D eigenvalue weighted by molar-refractivity contribution is 7.13. The number of nitrogens with zero attached hydrogens (tertiary/aromatic N) is 2. The third-order valence-electron chi connectivity index (χ3n) is 2.39. The largest absolute Gasteiger partial charge is 0.471 e. The lowest BCUT2D eigenvalue weighted by atomic mass is 10.1. The highest BCUT2D eigenvalue weighted by Crippen LogP contribution is 2.28. The Hall–Kier alpha value is -2.62. The molecular formula is C12H10F3N5OS. The molecule has 2 rings (SSSR count). The zero-order valence-electron chi connectivity index (χ0n) is 10.9. The van der Waals surface area contributed by atoms with E-state index < -0.39 is 12.1 Å². The summed E-state index contributed by atoms with van der Waals surface area (Å²) < 4.78 is 36.7. The Morgan fingerprint density at radius 1 is 1.32 bits per heavy atom. The first-order chi connectivity index (χ1) is 10.3. The lowest BCUT2D eigenvalue weighted by molar-refractivity contribution is -0.167. The molecule has 0 saturated carbocycles. The predicted octanol–water partition coefficient (Wildman–Crippen LogP) is 2.22. The molecule has 0 bridgehead atoms. The second-order valence-electron chi connectivity index (χ2n) is 4.08. The summed E-state index contributed by atoms with van der Waals surface area (Å²) >= 11 is 1.17. The summed E-state index contributed by atoms with van der Waals surface area (Å²) in [6.07, 6.45) is -4.95. The van der Waals surface area contributed by atoms with Crippen LogP contribution in [0.25, 0.3) is 11.3 Å². The number of amides is 1. The van der Waals surface area contributed by atoms with Crippen molar-refractivity contribution in [3.63, 3.8) is 0 Å². The topological polar surface area (TPSA) is 106 Å². The van der Waals surface area contributed by atoms with E-state index >= 15 is 0 Å². The number of carbonyl (C=O) groups excluding carboxylic acids is 1. The smallest absolute Gasteiger partial charge is 0.370 e. The molecule has 1 heterocycles. The molecule has 2 aromatic rings. The normalized spacial score (nSPS) is 11.0. The Labute approximate surface area is 126 Å². The van der Waals surface area contributed by atoms with E-state index in [1.165, 1.54) is 29.5 Å². The summed E-state index contributed by atoms with van der Waals surface area (Å²) in [6.45, 7) is 0. The summed E-state index contributed by atoms with van der Waals surface area (Å²) in [6, 6.07) is 5.85. The number of hydrogen-bond acceptors (Lipinski definition) is 4. The molecule has 0 aliphatic rings. The molecule has 22 heavy (non-hydrogen) atoms. The van der Waals surface area contributed by atoms with Crippen LogP contribution in [0.5, 0.6) is 0 Å². The summed E-state index contributed by atoms with van der Waals surface area (Å²) in [5.41, 5.74) is 11.5. The van der Waals surface area contributed by atoms with Crippen molar-refractivity contribution in [2.45, 2.75) is 6.18 Å². The first kappa shape index (κ1) is 15.8. The van der Waals surface area contributed by atoms with E-state index in [4.69, 9.17) is 11.5 Å². The molecule has 1 aromatic heterocycles. The molecule has 0 atom stereocenters. The minimum absolute atomic E-state index is 0.0104. The van der Waals surface area contributed by atoms with Gasteiger partial charge in [0.25, 0.3) is 0 Å². The lowest BCUT2D eigenvalue weighted by Crippen LogP contribution is -2.29. The van der Waals surface area contributed by atoms with Crippen molar-refractivity contribution in [2.75, 3.05) is 5.32 Å². The van der Waals surface area contributed by atoms with Crippen LogP contribution in [0, 0.1) is 0 Å². The number of nitrogens with two attached hydrogens (primary N) is 2. The average Bonchev–Trinajstić information content (AvgIpc) is 2.85. The molecule has 116 valence electrons. The zero-order chi connectivity index (χ0) is 16.3. The van der Waals surface area contributed by atoms with Gasteiger partial charge in [0.15, 0.2) is 5.96 Å². The van der Waals surface area contributed by atoms with E-state index in [-0.39, 0.29) is 11.6 Å². The number of carbonyl (C=O) groups is 1. The Morgan fingerprint density at radius 2 is 2.05 bits per heavy atom. The van der Waals surface area contributed by atoms with Gasteiger partial charge in [0, 0.05) is 16.6 Å². The molecule has 0 spiro atoms. The van der Waals surface area contributed by atoms with Crippen molar-refractivity contribution in [3.05, 3.63) is 29.6 Å². The van der Waals surface area contributed by atoms with Crippen molar-refractivity contribution in [1.29, 1.82) is 0 Å². The van der Waals surface area contributed by atoms with Gasteiger partial charge >= 0.3 is 12.1 Å². The second kappa shape index (κ2) is 6.02. The summed E-state index contributed by atoms with van der Waals surface area (Å²) in [4.78, 5) is 18.8. The third kappa shape index (κ3) is 3.95. The number of halogens is 3. The molecule has 0 saturated heterocycles. The third-order valence-corrected chi connectivity index (χ3v) is 3.12. The molecule has 6 nitrogen and oxygen atoms in total. The number of benzene rings is 1. The van der Waals surface area contributed by atoms with Crippen molar-refractivity contribution >= 4 is 34.0 Å². The Bertz CT molecular complexity index is 722. The number of guanidine groups is 1. The van der Waals surface area contributed by atoms with Gasteiger partial charge in [-0.15, -0.1) is 11.3 Å². The molecule has 1 aromatic carbocycles. The number of hydrogen-bond donors (Lipinski definition) is 3. The lowest BCUT2D eigenvalue weighted by Gasteiger charge is -2.08. The van der Waals surface area contributed by atoms with Crippen LogP contribution >= 0.6 is 11.3 Å². The minimum Gasteiger partial charge on any atom is -0.370 e. The summed E-state index contributed by atoms with van der Waals surface area (Å²) in [5, 5.41) is 3.74. The maximum Gasteiger partial charge on any atom is 0.471 e. The van der Waals surface area contributed by atoms with Gasteiger partial charge in [0.2, 0.25) is 5.13 Å². The van der Waals surface area contributed by atoms with Crippen molar-refractivity contribution in [3.8, 4) is 11.3 Å².